The zero-order valence-corrected chi connectivity index (χ0v) is 17.0. The lowest BCUT2D eigenvalue weighted by Gasteiger charge is -2.21. The fraction of sp³-hybridized carbons (Fsp3) is 0.200. The van der Waals surface area contributed by atoms with Gasteiger partial charge in [0.15, 0.2) is 5.82 Å². The number of benzene rings is 2. The molecule has 3 aromatic rings. The van der Waals surface area contributed by atoms with Gasteiger partial charge in [0, 0.05) is 19.8 Å². The number of carbonyl (C=O) groups excluding carboxylic acids is 1. The van der Waals surface area contributed by atoms with Crippen LogP contribution in [0.5, 0.6) is 0 Å². The molecule has 0 aliphatic heterocycles. The highest BCUT2D eigenvalue weighted by molar-refractivity contribution is 7.92. The highest BCUT2D eigenvalue weighted by Crippen LogP contribution is 2.26. The SMILES string of the molecule is Cc1ccc(NC(=O)c2cnn(C)c2N(C)S(=O)(=O)c2ccc(C)cc2)cc1. The summed E-state index contributed by atoms with van der Waals surface area (Å²) in [6, 6.07) is 13.9. The monoisotopic (exact) mass is 398 g/mol. The van der Waals surface area contributed by atoms with Crippen LogP contribution >= 0.6 is 0 Å². The molecule has 0 unspecified atom stereocenters. The van der Waals surface area contributed by atoms with Crippen LogP contribution in [0, 0.1) is 13.8 Å². The first-order chi connectivity index (χ1) is 13.2. The maximum absolute atomic E-state index is 13.0. The van der Waals surface area contributed by atoms with Gasteiger partial charge in [-0.25, -0.2) is 8.42 Å². The minimum atomic E-state index is -3.84. The maximum Gasteiger partial charge on any atom is 0.265 e. The molecule has 0 atom stereocenters. The molecule has 146 valence electrons. The van der Waals surface area contributed by atoms with E-state index >= 15 is 0 Å². The number of hydrogen-bond acceptors (Lipinski definition) is 4. The van der Waals surface area contributed by atoms with Crippen molar-refractivity contribution in [2.45, 2.75) is 18.7 Å². The lowest BCUT2D eigenvalue weighted by Crippen LogP contribution is -2.30. The molecule has 0 saturated heterocycles. The molecule has 1 heterocycles. The van der Waals surface area contributed by atoms with Gasteiger partial charge in [-0.3, -0.25) is 13.8 Å². The van der Waals surface area contributed by atoms with E-state index < -0.39 is 15.9 Å². The van der Waals surface area contributed by atoms with Crippen molar-refractivity contribution in [2.24, 2.45) is 7.05 Å². The third-order valence-corrected chi connectivity index (χ3v) is 6.20. The highest BCUT2D eigenvalue weighted by Gasteiger charge is 2.28. The van der Waals surface area contributed by atoms with Gasteiger partial charge in [-0.1, -0.05) is 35.4 Å². The molecule has 0 radical (unpaired) electrons. The summed E-state index contributed by atoms with van der Waals surface area (Å²) in [5.74, 6) is -0.247. The Hall–Kier alpha value is -3.13. The Balaban J connectivity index is 1.94. The van der Waals surface area contributed by atoms with Crippen molar-refractivity contribution in [3.63, 3.8) is 0 Å². The van der Waals surface area contributed by atoms with Crippen LogP contribution < -0.4 is 9.62 Å². The first kappa shape index (κ1) is 19.6. The second-order valence-electron chi connectivity index (χ2n) is 6.61. The number of nitrogens with one attached hydrogen (secondary N) is 1. The van der Waals surface area contributed by atoms with Gasteiger partial charge in [-0.05, 0) is 38.1 Å². The van der Waals surface area contributed by atoms with E-state index in [0.29, 0.717) is 5.69 Å². The van der Waals surface area contributed by atoms with Crippen LogP contribution in [0.1, 0.15) is 21.5 Å². The van der Waals surface area contributed by atoms with E-state index in [9.17, 15) is 13.2 Å². The lowest BCUT2D eigenvalue weighted by atomic mass is 10.2. The van der Waals surface area contributed by atoms with Gasteiger partial charge >= 0.3 is 0 Å². The predicted molar refractivity (Wildman–Crippen MR) is 109 cm³/mol. The molecule has 0 aliphatic carbocycles. The number of nitrogens with zero attached hydrogens (tertiary/aromatic N) is 3. The van der Waals surface area contributed by atoms with E-state index in [1.54, 1.807) is 43.4 Å². The molecule has 7 nitrogen and oxygen atoms in total. The summed E-state index contributed by atoms with van der Waals surface area (Å²) in [7, 11) is -0.835. The van der Waals surface area contributed by atoms with E-state index in [0.717, 1.165) is 15.4 Å². The highest BCUT2D eigenvalue weighted by atomic mass is 32.2. The summed E-state index contributed by atoms with van der Waals surface area (Å²) < 4.78 is 28.5. The van der Waals surface area contributed by atoms with E-state index in [1.165, 1.54) is 17.9 Å². The van der Waals surface area contributed by atoms with Crippen molar-refractivity contribution in [1.82, 2.24) is 9.78 Å². The van der Waals surface area contributed by atoms with Crippen molar-refractivity contribution >= 4 is 27.4 Å². The molecule has 1 aromatic heterocycles. The molecule has 0 spiro atoms. The fourth-order valence-electron chi connectivity index (χ4n) is 2.78. The molecule has 8 heteroatoms. The molecule has 2 aromatic carbocycles. The van der Waals surface area contributed by atoms with Crippen LogP contribution in [0.3, 0.4) is 0 Å². The standard InChI is InChI=1S/C20H22N4O3S/c1-14-5-9-16(10-6-14)22-19(25)18-13-21-23(3)20(18)24(4)28(26,27)17-11-7-15(2)8-12-17/h5-13H,1-4H3,(H,22,25). The first-order valence-electron chi connectivity index (χ1n) is 8.66. The van der Waals surface area contributed by atoms with E-state index in [2.05, 4.69) is 10.4 Å². The minimum Gasteiger partial charge on any atom is -0.322 e. The topological polar surface area (TPSA) is 84.3 Å². The Morgan fingerprint density at radius 2 is 1.54 bits per heavy atom. The number of hydrogen-bond donors (Lipinski definition) is 1. The van der Waals surface area contributed by atoms with Gasteiger partial charge < -0.3 is 5.32 Å². The van der Waals surface area contributed by atoms with Crippen LogP contribution in [-0.4, -0.2) is 31.2 Å². The van der Waals surface area contributed by atoms with Crippen molar-refractivity contribution in [2.75, 3.05) is 16.7 Å². The molecule has 3 rings (SSSR count). The summed E-state index contributed by atoms with van der Waals surface area (Å²) >= 11 is 0. The Labute approximate surface area is 164 Å². The van der Waals surface area contributed by atoms with Crippen molar-refractivity contribution < 1.29 is 13.2 Å². The van der Waals surface area contributed by atoms with Crippen LogP contribution in [0.15, 0.2) is 59.6 Å². The predicted octanol–water partition coefficient (Wildman–Crippen LogP) is 3.11. The largest absolute Gasteiger partial charge is 0.322 e. The Kier molecular flexibility index (Phi) is 5.24. The zero-order valence-electron chi connectivity index (χ0n) is 16.2. The summed E-state index contributed by atoms with van der Waals surface area (Å²) in [4.78, 5) is 12.9. The molecule has 0 saturated carbocycles. The second kappa shape index (κ2) is 7.47. The number of anilines is 2. The summed E-state index contributed by atoms with van der Waals surface area (Å²) in [5.41, 5.74) is 2.82. The van der Waals surface area contributed by atoms with E-state index in [1.807, 2.05) is 26.0 Å². The number of aromatic nitrogens is 2. The van der Waals surface area contributed by atoms with Crippen LogP contribution in [0.25, 0.3) is 0 Å². The molecule has 1 amide bonds. The number of aryl methyl sites for hydroxylation is 3. The van der Waals surface area contributed by atoms with Crippen molar-refractivity contribution in [3.05, 3.63) is 71.4 Å². The molecule has 0 aliphatic rings. The molecule has 28 heavy (non-hydrogen) atoms. The normalized spacial score (nSPS) is 11.3. The summed E-state index contributed by atoms with van der Waals surface area (Å²) in [6.07, 6.45) is 1.36. The van der Waals surface area contributed by atoms with E-state index in [-0.39, 0.29) is 16.3 Å². The molecule has 0 bridgehead atoms. The summed E-state index contributed by atoms with van der Waals surface area (Å²) in [5, 5.41) is 6.86. The third kappa shape index (κ3) is 3.77. The van der Waals surface area contributed by atoms with Crippen molar-refractivity contribution in [1.29, 1.82) is 0 Å². The van der Waals surface area contributed by atoms with Crippen LogP contribution in [0.4, 0.5) is 11.5 Å². The van der Waals surface area contributed by atoms with Crippen LogP contribution in [-0.2, 0) is 17.1 Å². The minimum absolute atomic E-state index is 0.145. The number of carbonyl (C=O) groups is 1. The van der Waals surface area contributed by atoms with Gasteiger partial charge in [-0.2, -0.15) is 5.10 Å². The maximum atomic E-state index is 13.0. The Morgan fingerprint density at radius 3 is 2.11 bits per heavy atom. The summed E-state index contributed by atoms with van der Waals surface area (Å²) in [6.45, 7) is 3.84. The quantitative estimate of drug-likeness (QED) is 0.716. The van der Waals surface area contributed by atoms with Gasteiger partial charge in [0.05, 0.1) is 11.1 Å². The van der Waals surface area contributed by atoms with Gasteiger partial charge in [-0.15, -0.1) is 0 Å². The average Bonchev–Trinajstić information content (AvgIpc) is 3.04. The number of amides is 1. The number of rotatable bonds is 5. The Bertz CT molecular complexity index is 1100. The Morgan fingerprint density at radius 1 is 1.00 bits per heavy atom. The number of sulfonamides is 1. The fourth-order valence-corrected chi connectivity index (χ4v) is 4.02. The van der Waals surface area contributed by atoms with Gasteiger partial charge in [0.1, 0.15) is 5.56 Å². The second-order valence-corrected chi connectivity index (χ2v) is 8.58. The molecular formula is C20H22N4O3S. The molecule has 0 fully saturated rings. The van der Waals surface area contributed by atoms with E-state index in [4.69, 9.17) is 0 Å². The van der Waals surface area contributed by atoms with Crippen molar-refractivity contribution in [3.8, 4) is 0 Å². The first-order valence-corrected chi connectivity index (χ1v) is 10.1. The molecular weight excluding hydrogens is 376 g/mol. The zero-order chi connectivity index (χ0) is 20.5. The smallest absolute Gasteiger partial charge is 0.265 e. The lowest BCUT2D eigenvalue weighted by molar-refractivity contribution is 0.102. The third-order valence-electron chi connectivity index (χ3n) is 4.44. The van der Waals surface area contributed by atoms with Crippen LogP contribution in [0.2, 0.25) is 0 Å². The van der Waals surface area contributed by atoms with Gasteiger partial charge in [0.2, 0.25) is 0 Å². The molecule has 1 N–H and O–H groups in total. The average molecular weight is 398 g/mol. The van der Waals surface area contributed by atoms with Gasteiger partial charge in [0.25, 0.3) is 15.9 Å².